The summed E-state index contributed by atoms with van der Waals surface area (Å²) in [5.74, 6) is 1.11. The molecule has 2 N–H and O–H groups in total. The molecule has 0 bridgehead atoms. The van der Waals surface area contributed by atoms with Crippen LogP contribution < -0.4 is 5.32 Å². The van der Waals surface area contributed by atoms with Gasteiger partial charge in [0.15, 0.2) is 5.82 Å². The van der Waals surface area contributed by atoms with Crippen LogP contribution in [0, 0.1) is 0 Å². The second kappa shape index (κ2) is 5.79. The predicted molar refractivity (Wildman–Crippen MR) is 70.4 cm³/mol. The molecule has 1 atom stereocenters. The van der Waals surface area contributed by atoms with E-state index in [1.54, 1.807) is 12.4 Å². The first kappa shape index (κ1) is 12.7. The largest absolute Gasteiger partial charge is 0.368 e. The van der Waals surface area contributed by atoms with E-state index < -0.39 is 0 Å². The van der Waals surface area contributed by atoms with Crippen molar-refractivity contribution in [2.24, 2.45) is 0 Å². The lowest BCUT2D eigenvalue weighted by molar-refractivity contribution is -0.130. The maximum Gasteiger partial charge on any atom is 0.249 e. The Morgan fingerprint density at radius 2 is 2.30 bits per heavy atom. The molecule has 1 aliphatic heterocycles. The average molecular weight is 273 g/mol. The Morgan fingerprint density at radius 1 is 1.45 bits per heavy atom. The Morgan fingerprint density at radius 3 is 3.05 bits per heavy atom. The van der Waals surface area contributed by atoms with Crippen molar-refractivity contribution >= 4 is 5.91 Å². The molecule has 3 rings (SSSR count). The van der Waals surface area contributed by atoms with Gasteiger partial charge in [-0.25, -0.2) is 4.98 Å². The fourth-order valence-corrected chi connectivity index (χ4v) is 2.07. The van der Waals surface area contributed by atoms with Crippen LogP contribution in [0.25, 0.3) is 11.4 Å². The zero-order valence-electron chi connectivity index (χ0n) is 10.9. The number of carbonyl (C=O) groups is 1. The summed E-state index contributed by atoms with van der Waals surface area (Å²) in [6.45, 7) is 0.976. The highest BCUT2D eigenvalue weighted by molar-refractivity contribution is 5.80. The topological polar surface area (TPSA) is 92.8 Å². The molecule has 0 saturated carbocycles. The summed E-state index contributed by atoms with van der Waals surface area (Å²) >= 11 is 0. The summed E-state index contributed by atoms with van der Waals surface area (Å²) in [5.41, 5.74) is 0.882. The molecule has 104 valence electrons. The number of carbonyl (C=O) groups excluding carboxylic acids is 1. The number of rotatable bonds is 4. The zero-order chi connectivity index (χ0) is 13.8. The maximum atomic E-state index is 11.8. The molecule has 1 fully saturated rings. The number of pyridine rings is 1. The molecule has 7 nitrogen and oxygen atoms in total. The molecule has 2 aromatic heterocycles. The van der Waals surface area contributed by atoms with Crippen LogP contribution in [0.1, 0.15) is 18.7 Å². The van der Waals surface area contributed by atoms with Gasteiger partial charge in [-0.3, -0.25) is 14.9 Å². The number of nitrogens with zero attached hydrogens (tertiary/aromatic N) is 3. The van der Waals surface area contributed by atoms with Crippen LogP contribution in [0.3, 0.4) is 0 Å². The molecular formula is C13H15N5O2. The first-order valence-corrected chi connectivity index (χ1v) is 6.54. The molecule has 1 aliphatic rings. The monoisotopic (exact) mass is 273 g/mol. The van der Waals surface area contributed by atoms with Crippen molar-refractivity contribution in [2.75, 3.05) is 6.61 Å². The smallest absolute Gasteiger partial charge is 0.249 e. The summed E-state index contributed by atoms with van der Waals surface area (Å²) in [5, 5.41) is 9.72. The summed E-state index contributed by atoms with van der Waals surface area (Å²) in [6, 6.07) is 3.66. The van der Waals surface area contributed by atoms with E-state index in [1.807, 2.05) is 12.1 Å². The van der Waals surface area contributed by atoms with E-state index in [0.717, 1.165) is 18.4 Å². The Bertz CT molecular complexity index is 577. The van der Waals surface area contributed by atoms with Crippen LogP contribution in [0.2, 0.25) is 0 Å². The van der Waals surface area contributed by atoms with Crippen LogP contribution in [0.4, 0.5) is 0 Å². The minimum Gasteiger partial charge on any atom is -0.368 e. The molecule has 20 heavy (non-hydrogen) atoms. The summed E-state index contributed by atoms with van der Waals surface area (Å²) in [7, 11) is 0. The lowest BCUT2D eigenvalue weighted by atomic mass is 10.2. The number of ether oxygens (including phenoxy) is 1. The SMILES string of the molecule is O=C(NCc1nc(-c2ccncc2)n[nH]1)[C@H]1CCCO1. The van der Waals surface area contributed by atoms with E-state index in [9.17, 15) is 4.79 Å². The van der Waals surface area contributed by atoms with Crippen molar-refractivity contribution in [3.8, 4) is 11.4 Å². The van der Waals surface area contributed by atoms with Gasteiger partial charge in [-0.05, 0) is 25.0 Å². The highest BCUT2D eigenvalue weighted by atomic mass is 16.5. The Kier molecular flexibility index (Phi) is 3.69. The van der Waals surface area contributed by atoms with Gasteiger partial charge in [0.2, 0.25) is 5.91 Å². The number of aromatic nitrogens is 4. The number of H-pyrrole nitrogens is 1. The molecule has 1 saturated heterocycles. The summed E-state index contributed by atoms with van der Waals surface area (Å²) in [4.78, 5) is 20.1. The Hall–Kier alpha value is -2.28. The van der Waals surface area contributed by atoms with Crippen molar-refractivity contribution in [1.82, 2.24) is 25.5 Å². The first-order valence-electron chi connectivity index (χ1n) is 6.54. The standard InChI is InChI=1S/C13H15N5O2/c19-13(10-2-1-7-20-10)15-8-11-16-12(18-17-11)9-3-5-14-6-4-9/h3-6,10H,1-2,7-8H2,(H,15,19)(H,16,17,18)/t10-/m1/s1. The highest BCUT2D eigenvalue weighted by Gasteiger charge is 2.23. The molecule has 1 amide bonds. The number of nitrogens with one attached hydrogen (secondary N) is 2. The second-order valence-corrected chi connectivity index (χ2v) is 4.56. The number of amides is 1. The third-order valence-electron chi connectivity index (χ3n) is 3.12. The molecule has 7 heteroatoms. The lowest BCUT2D eigenvalue weighted by Gasteiger charge is -2.08. The van der Waals surface area contributed by atoms with E-state index in [-0.39, 0.29) is 12.0 Å². The molecule has 0 spiro atoms. The predicted octanol–water partition coefficient (Wildman–Crippen LogP) is 0.662. The van der Waals surface area contributed by atoms with E-state index in [2.05, 4.69) is 25.5 Å². The van der Waals surface area contributed by atoms with Gasteiger partial charge < -0.3 is 10.1 Å². The zero-order valence-corrected chi connectivity index (χ0v) is 10.9. The van der Waals surface area contributed by atoms with Gasteiger partial charge in [-0.1, -0.05) is 0 Å². The highest BCUT2D eigenvalue weighted by Crippen LogP contribution is 2.13. The summed E-state index contributed by atoms with van der Waals surface area (Å²) < 4.78 is 5.31. The van der Waals surface area contributed by atoms with Crippen molar-refractivity contribution in [2.45, 2.75) is 25.5 Å². The molecule has 0 radical (unpaired) electrons. The first-order chi connectivity index (χ1) is 9.83. The lowest BCUT2D eigenvalue weighted by Crippen LogP contribution is -2.33. The van der Waals surface area contributed by atoms with Gasteiger partial charge in [-0.2, -0.15) is 5.10 Å². The van der Waals surface area contributed by atoms with Gasteiger partial charge in [-0.15, -0.1) is 0 Å². The van der Waals surface area contributed by atoms with Crippen LogP contribution in [-0.4, -0.2) is 38.8 Å². The molecule has 2 aromatic rings. The fourth-order valence-electron chi connectivity index (χ4n) is 2.07. The van der Waals surface area contributed by atoms with Gasteiger partial charge in [0, 0.05) is 24.6 Å². The van der Waals surface area contributed by atoms with Crippen molar-refractivity contribution in [1.29, 1.82) is 0 Å². The van der Waals surface area contributed by atoms with Crippen LogP contribution in [-0.2, 0) is 16.1 Å². The van der Waals surface area contributed by atoms with Gasteiger partial charge in [0.25, 0.3) is 0 Å². The van der Waals surface area contributed by atoms with Gasteiger partial charge >= 0.3 is 0 Å². The molecule has 0 unspecified atom stereocenters. The molecular weight excluding hydrogens is 258 g/mol. The number of hydrogen-bond donors (Lipinski definition) is 2. The van der Waals surface area contributed by atoms with E-state index in [1.165, 1.54) is 0 Å². The molecule has 0 aromatic carbocycles. The average Bonchev–Trinajstić information content (AvgIpc) is 3.17. The van der Waals surface area contributed by atoms with E-state index in [4.69, 9.17) is 4.74 Å². The van der Waals surface area contributed by atoms with Crippen LogP contribution >= 0.6 is 0 Å². The quantitative estimate of drug-likeness (QED) is 0.853. The van der Waals surface area contributed by atoms with Crippen molar-refractivity contribution < 1.29 is 9.53 Å². The minimum atomic E-state index is -0.322. The van der Waals surface area contributed by atoms with E-state index >= 15 is 0 Å². The molecule has 3 heterocycles. The second-order valence-electron chi connectivity index (χ2n) is 4.56. The third kappa shape index (κ3) is 2.83. The van der Waals surface area contributed by atoms with Crippen molar-refractivity contribution in [3.05, 3.63) is 30.4 Å². The van der Waals surface area contributed by atoms with Gasteiger partial charge in [0.05, 0.1) is 6.54 Å². The van der Waals surface area contributed by atoms with Crippen LogP contribution in [0.15, 0.2) is 24.5 Å². The maximum absolute atomic E-state index is 11.8. The number of aromatic amines is 1. The van der Waals surface area contributed by atoms with Crippen molar-refractivity contribution in [3.63, 3.8) is 0 Å². The third-order valence-corrected chi connectivity index (χ3v) is 3.12. The fraction of sp³-hybridized carbons (Fsp3) is 0.385. The normalized spacial score (nSPS) is 18.1. The van der Waals surface area contributed by atoms with E-state index in [0.29, 0.717) is 24.8 Å². The van der Waals surface area contributed by atoms with Gasteiger partial charge in [0.1, 0.15) is 11.9 Å². The number of hydrogen-bond acceptors (Lipinski definition) is 5. The van der Waals surface area contributed by atoms with Crippen LogP contribution in [0.5, 0.6) is 0 Å². The molecule has 0 aliphatic carbocycles. The minimum absolute atomic E-state index is 0.0932. The Balaban J connectivity index is 1.59. The summed E-state index contributed by atoms with van der Waals surface area (Å²) in [6.07, 6.45) is 4.77. The Labute approximate surface area is 115 Å².